The third-order valence-corrected chi connectivity index (χ3v) is 7.76. The molecule has 3 heterocycles. The van der Waals surface area contributed by atoms with Crippen molar-refractivity contribution in [1.82, 2.24) is 0 Å². The van der Waals surface area contributed by atoms with Gasteiger partial charge < -0.3 is 23.7 Å². The Balaban J connectivity index is 1.62. The van der Waals surface area contributed by atoms with E-state index in [1.807, 2.05) is 12.1 Å². The van der Waals surface area contributed by atoms with Gasteiger partial charge in [-0.05, 0) is 50.0 Å². The Morgan fingerprint density at radius 2 is 2.19 bits per heavy atom. The van der Waals surface area contributed by atoms with Gasteiger partial charge in [-0.2, -0.15) is 0 Å². The van der Waals surface area contributed by atoms with Gasteiger partial charge in [0.05, 0.1) is 31.2 Å². The Hall–Kier alpha value is -1.63. The quantitative estimate of drug-likeness (QED) is 0.800. The van der Waals surface area contributed by atoms with E-state index in [1.165, 1.54) is 7.11 Å². The molecule has 2 saturated heterocycles. The monoisotopic (exact) mass is 374 g/mol. The van der Waals surface area contributed by atoms with Gasteiger partial charge in [-0.25, -0.2) is 4.79 Å². The zero-order valence-corrected chi connectivity index (χ0v) is 15.7. The minimum Gasteiger partial charge on any atom is -0.472 e. The molecule has 1 saturated carbocycles. The molecule has 1 spiro atoms. The summed E-state index contributed by atoms with van der Waals surface area (Å²) in [5, 5.41) is 11.1. The van der Waals surface area contributed by atoms with Gasteiger partial charge in [0, 0.05) is 16.6 Å². The highest BCUT2D eigenvalue weighted by Crippen LogP contribution is 2.71. The first-order valence-electron chi connectivity index (χ1n) is 9.84. The van der Waals surface area contributed by atoms with Crippen LogP contribution in [-0.4, -0.2) is 30.8 Å². The van der Waals surface area contributed by atoms with Gasteiger partial charge in [0.15, 0.2) is 12.6 Å². The summed E-state index contributed by atoms with van der Waals surface area (Å²) in [4.78, 5) is 12.6. The third kappa shape index (κ3) is 2.09. The molecule has 0 radical (unpaired) electrons. The van der Waals surface area contributed by atoms with E-state index in [1.54, 1.807) is 12.5 Å². The molecule has 3 fully saturated rings. The maximum atomic E-state index is 12.6. The van der Waals surface area contributed by atoms with Crippen molar-refractivity contribution in [2.45, 2.75) is 57.7 Å². The lowest BCUT2D eigenvalue weighted by atomic mass is 9.44. The topological polar surface area (TPSA) is 78.1 Å². The lowest BCUT2D eigenvalue weighted by molar-refractivity contribution is -0.360. The Labute approximate surface area is 158 Å². The predicted octanol–water partition coefficient (Wildman–Crippen LogP) is 3.33. The molecule has 2 bridgehead atoms. The summed E-state index contributed by atoms with van der Waals surface area (Å²) >= 11 is 0. The van der Waals surface area contributed by atoms with Gasteiger partial charge in [-0.15, -0.1) is 0 Å². The third-order valence-electron chi connectivity index (χ3n) is 7.76. The van der Waals surface area contributed by atoms with Crippen LogP contribution in [0.5, 0.6) is 0 Å². The number of rotatable bonds is 2. The summed E-state index contributed by atoms with van der Waals surface area (Å²) in [7, 11) is 1.40. The molecule has 0 amide bonds. The average molecular weight is 374 g/mol. The van der Waals surface area contributed by atoms with E-state index in [0.29, 0.717) is 11.5 Å². The fourth-order valence-corrected chi connectivity index (χ4v) is 6.50. The average Bonchev–Trinajstić information content (AvgIpc) is 3.33. The van der Waals surface area contributed by atoms with E-state index in [0.717, 1.165) is 37.7 Å². The standard InChI is InChI=1S/C21H26O6/c1-12-6-8-20-14(17(22)24-2)4-3-5-16(20)21(12)10-15(13-7-9-25-11-13)26-19(21)27-18(20)23/h4,7,9,11-12,15-16,18-19,23H,3,5-6,8,10H2,1-2H3/t12-,15+,16+,18-,19-,20-,21-/m0/s1. The smallest absolute Gasteiger partial charge is 0.334 e. The summed E-state index contributed by atoms with van der Waals surface area (Å²) in [6, 6.07) is 1.93. The number of furan rings is 1. The van der Waals surface area contributed by atoms with Crippen LogP contribution in [0.2, 0.25) is 0 Å². The molecule has 1 aromatic rings. The number of carbonyl (C=O) groups is 1. The maximum Gasteiger partial charge on any atom is 0.334 e. The minimum absolute atomic E-state index is 0.121. The molecule has 5 rings (SSSR count). The second kappa shape index (κ2) is 5.93. The number of methoxy groups -OCH3 is 1. The van der Waals surface area contributed by atoms with E-state index < -0.39 is 18.0 Å². The van der Waals surface area contributed by atoms with Gasteiger partial charge in [0.2, 0.25) is 0 Å². The van der Waals surface area contributed by atoms with Crippen LogP contribution in [0.4, 0.5) is 0 Å². The van der Waals surface area contributed by atoms with Crippen molar-refractivity contribution in [1.29, 1.82) is 0 Å². The van der Waals surface area contributed by atoms with Gasteiger partial charge in [0.25, 0.3) is 0 Å². The molecule has 2 aliphatic heterocycles. The molecular formula is C21H26O6. The summed E-state index contributed by atoms with van der Waals surface area (Å²) in [5.41, 5.74) is 0.653. The molecule has 6 nitrogen and oxygen atoms in total. The number of aliphatic hydroxyl groups excluding tert-OH is 1. The molecule has 4 aliphatic rings. The minimum atomic E-state index is -1.07. The Morgan fingerprint density at radius 3 is 2.93 bits per heavy atom. The summed E-state index contributed by atoms with van der Waals surface area (Å²) in [6.45, 7) is 2.26. The SMILES string of the molecule is COC(=O)C1=CCC[C@@H]2[C@]13CC[C@H](C)[C@@]21C[C@H](c2ccoc2)O[C@H]1O[C@@H]3O. The highest BCUT2D eigenvalue weighted by molar-refractivity contribution is 5.90. The zero-order valence-electron chi connectivity index (χ0n) is 15.7. The van der Waals surface area contributed by atoms with Crippen molar-refractivity contribution >= 4 is 5.97 Å². The number of esters is 1. The fraction of sp³-hybridized carbons (Fsp3) is 0.667. The Kier molecular flexibility index (Phi) is 3.84. The molecular weight excluding hydrogens is 348 g/mol. The van der Waals surface area contributed by atoms with Crippen molar-refractivity contribution in [3.63, 3.8) is 0 Å². The van der Waals surface area contributed by atoms with Crippen LogP contribution in [0.25, 0.3) is 0 Å². The van der Waals surface area contributed by atoms with Gasteiger partial charge in [-0.1, -0.05) is 13.0 Å². The summed E-state index contributed by atoms with van der Waals surface area (Å²) in [6.07, 6.45) is 7.84. The van der Waals surface area contributed by atoms with Crippen molar-refractivity contribution in [2.75, 3.05) is 7.11 Å². The highest BCUT2D eigenvalue weighted by atomic mass is 16.7. The van der Waals surface area contributed by atoms with Crippen LogP contribution in [0.1, 0.15) is 50.7 Å². The van der Waals surface area contributed by atoms with Crippen LogP contribution in [0, 0.1) is 22.7 Å². The molecule has 1 aromatic heterocycles. The molecule has 146 valence electrons. The molecule has 0 unspecified atom stereocenters. The van der Waals surface area contributed by atoms with E-state index in [-0.39, 0.29) is 23.4 Å². The van der Waals surface area contributed by atoms with Gasteiger partial charge in [0.1, 0.15) is 0 Å². The zero-order chi connectivity index (χ0) is 18.8. The number of ether oxygens (including phenoxy) is 3. The number of hydrogen-bond acceptors (Lipinski definition) is 6. The molecule has 2 aliphatic carbocycles. The second-order valence-corrected chi connectivity index (χ2v) is 8.54. The van der Waals surface area contributed by atoms with Gasteiger partial charge >= 0.3 is 5.97 Å². The second-order valence-electron chi connectivity index (χ2n) is 8.54. The highest BCUT2D eigenvalue weighted by Gasteiger charge is 2.72. The largest absolute Gasteiger partial charge is 0.472 e. The fourth-order valence-electron chi connectivity index (χ4n) is 6.50. The normalized spacial score (nSPS) is 45.6. The Morgan fingerprint density at radius 1 is 1.33 bits per heavy atom. The number of allylic oxidation sites excluding steroid dienone is 1. The predicted molar refractivity (Wildman–Crippen MR) is 94.1 cm³/mol. The first-order chi connectivity index (χ1) is 13.0. The number of carbonyl (C=O) groups excluding carboxylic acids is 1. The van der Waals surface area contributed by atoms with Crippen LogP contribution in [-0.2, 0) is 19.0 Å². The van der Waals surface area contributed by atoms with Crippen molar-refractivity contribution in [2.24, 2.45) is 22.7 Å². The van der Waals surface area contributed by atoms with E-state index >= 15 is 0 Å². The molecule has 0 aromatic carbocycles. The number of hydrogen-bond donors (Lipinski definition) is 1. The molecule has 6 heteroatoms. The first kappa shape index (κ1) is 17.5. The van der Waals surface area contributed by atoms with E-state index in [9.17, 15) is 9.90 Å². The summed E-state index contributed by atoms with van der Waals surface area (Å²) < 4.78 is 22.8. The van der Waals surface area contributed by atoms with Crippen molar-refractivity contribution in [3.05, 3.63) is 35.8 Å². The molecule has 27 heavy (non-hydrogen) atoms. The molecule has 7 atom stereocenters. The lowest BCUT2D eigenvalue weighted by Crippen LogP contribution is -2.66. The number of aliphatic hydroxyl groups is 1. The Bertz CT molecular complexity index is 770. The van der Waals surface area contributed by atoms with Crippen molar-refractivity contribution < 1.29 is 28.5 Å². The van der Waals surface area contributed by atoms with Crippen LogP contribution in [0.15, 0.2) is 34.7 Å². The van der Waals surface area contributed by atoms with E-state index in [4.69, 9.17) is 18.6 Å². The van der Waals surface area contributed by atoms with Crippen LogP contribution >= 0.6 is 0 Å². The summed E-state index contributed by atoms with van der Waals surface area (Å²) in [5.74, 6) is 0.149. The first-order valence-corrected chi connectivity index (χ1v) is 9.84. The van der Waals surface area contributed by atoms with Crippen LogP contribution < -0.4 is 0 Å². The van der Waals surface area contributed by atoms with E-state index in [2.05, 4.69) is 6.92 Å². The maximum absolute atomic E-state index is 12.6. The van der Waals surface area contributed by atoms with Crippen molar-refractivity contribution in [3.8, 4) is 0 Å². The molecule has 1 N–H and O–H groups in total. The van der Waals surface area contributed by atoms with Gasteiger partial charge in [-0.3, -0.25) is 0 Å². The van der Waals surface area contributed by atoms with Crippen LogP contribution in [0.3, 0.4) is 0 Å². The lowest BCUT2D eigenvalue weighted by Gasteiger charge is -2.64.